The Morgan fingerprint density at radius 2 is 1.44 bits per heavy atom. The Hall–Kier alpha value is -1.87. The molecule has 2 aromatic carbocycles. The molecule has 0 aliphatic carbocycles. The minimum atomic E-state index is -0.982. The highest BCUT2D eigenvalue weighted by Gasteiger charge is 2.21. The van der Waals surface area contributed by atoms with Crippen LogP contribution in [0.2, 0.25) is 5.02 Å². The summed E-state index contributed by atoms with van der Waals surface area (Å²) in [5.74, 6) is -2.19. The van der Waals surface area contributed by atoms with Gasteiger partial charge in [-0.15, -0.1) is 0 Å². The molecule has 0 aromatic heterocycles. The zero-order valence-corrected chi connectivity index (χ0v) is 10.1. The summed E-state index contributed by atoms with van der Waals surface area (Å²) in [6, 6.07) is 12.0. The van der Waals surface area contributed by atoms with E-state index in [0.29, 0.717) is 16.1 Å². The van der Waals surface area contributed by atoms with Gasteiger partial charge in [-0.2, -0.15) is 0 Å². The Bertz CT molecular complexity index is 504. The van der Waals surface area contributed by atoms with Gasteiger partial charge in [0.2, 0.25) is 0 Å². The van der Waals surface area contributed by atoms with Crippen molar-refractivity contribution in [2.45, 2.75) is 5.92 Å². The highest BCUT2D eigenvalue weighted by atomic mass is 35.5. The van der Waals surface area contributed by atoms with Crippen molar-refractivity contribution in [2.75, 3.05) is 0 Å². The maximum Gasteiger partial charge on any atom is 0.315 e. The first kappa shape index (κ1) is 12.6. The van der Waals surface area contributed by atoms with Crippen LogP contribution in [0.15, 0.2) is 48.5 Å². The second kappa shape index (κ2) is 5.19. The second-order valence-corrected chi connectivity index (χ2v) is 4.31. The number of carbonyl (C=O) groups is 1. The Balaban J connectivity index is 2.43. The van der Waals surface area contributed by atoms with Crippen molar-refractivity contribution in [3.05, 3.63) is 70.5 Å². The van der Waals surface area contributed by atoms with Gasteiger partial charge in [-0.1, -0.05) is 35.9 Å². The molecule has 0 unspecified atom stereocenters. The van der Waals surface area contributed by atoms with Crippen molar-refractivity contribution in [1.29, 1.82) is 0 Å². The largest absolute Gasteiger partial charge is 0.481 e. The SMILES string of the molecule is O=C(O)[C@H](c1ccc(F)cc1)c1ccc(Cl)cc1. The summed E-state index contributed by atoms with van der Waals surface area (Å²) in [4.78, 5) is 11.3. The fourth-order valence-corrected chi connectivity index (χ4v) is 1.91. The molecule has 0 saturated carbocycles. The fourth-order valence-electron chi connectivity index (χ4n) is 1.79. The molecular formula is C14H10ClFO2. The van der Waals surface area contributed by atoms with Crippen molar-refractivity contribution >= 4 is 17.6 Å². The van der Waals surface area contributed by atoms with Gasteiger partial charge in [-0.25, -0.2) is 4.39 Å². The summed E-state index contributed by atoms with van der Waals surface area (Å²) < 4.78 is 12.8. The van der Waals surface area contributed by atoms with Crippen LogP contribution in [-0.4, -0.2) is 11.1 Å². The van der Waals surface area contributed by atoms with Gasteiger partial charge >= 0.3 is 5.97 Å². The van der Waals surface area contributed by atoms with E-state index in [9.17, 15) is 14.3 Å². The predicted molar refractivity (Wildman–Crippen MR) is 67.3 cm³/mol. The lowest BCUT2D eigenvalue weighted by Gasteiger charge is -2.13. The van der Waals surface area contributed by atoms with E-state index in [-0.39, 0.29) is 5.82 Å². The van der Waals surface area contributed by atoms with E-state index in [1.165, 1.54) is 24.3 Å². The number of aliphatic carboxylic acids is 1. The highest BCUT2D eigenvalue weighted by molar-refractivity contribution is 6.30. The molecule has 4 heteroatoms. The third kappa shape index (κ3) is 2.68. The quantitative estimate of drug-likeness (QED) is 0.918. The third-order valence-corrected chi connectivity index (χ3v) is 2.91. The smallest absolute Gasteiger partial charge is 0.315 e. The number of hydrogen-bond acceptors (Lipinski definition) is 1. The normalized spacial score (nSPS) is 12.1. The molecule has 0 aliphatic heterocycles. The van der Waals surface area contributed by atoms with Crippen LogP contribution in [0.5, 0.6) is 0 Å². The van der Waals surface area contributed by atoms with Crippen LogP contribution >= 0.6 is 11.6 Å². The lowest BCUT2D eigenvalue weighted by atomic mass is 9.91. The fraction of sp³-hybridized carbons (Fsp3) is 0.0714. The Kier molecular flexibility index (Phi) is 3.63. The highest BCUT2D eigenvalue weighted by Crippen LogP contribution is 2.26. The van der Waals surface area contributed by atoms with E-state index in [0.717, 1.165) is 0 Å². The first-order valence-corrected chi connectivity index (χ1v) is 5.69. The van der Waals surface area contributed by atoms with Gasteiger partial charge < -0.3 is 5.11 Å². The average molecular weight is 265 g/mol. The molecule has 92 valence electrons. The van der Waals surface area contributed by atoms with Crippen molar-refractivity contribution in [1.82, 2.24) is 0 Å². The van der Waals surface area contributed by atoms with Gasteiger partial charge in [0.15, 0.2) is 0 Å². The van der Waals surface area contributed by atoms with E-state index < -0.39 is 11.9 Å². The van der Waals surface area contributed by atoms with Gasteiger partial charge in [0, 0.05) is 5.02 Å². The average Bonchev–Trinajstić information content (AvgIpc) is 2.34. The van der Waals surface area contributed by atoms with E-state index in [2.05, 4.69) is 0 Å². The number of halogens is 2. The van der Waals surface area contributed by atoms with Crippen molar-refractivity contribution in [3.63, 3.8) is 0 Å². The van der Waals surface area contributed by atoms with Crippen LogP contribution < -0.4 is 0 Å². The van der Waals surface area contributed by atoms with Crippen molar-refractivity contribution in [2.24, 2.45) is 0 Å². The topological polar surface area (TPSA) is 37.3 Å². The molecule has 0 amide bonds. The summed E-state index contributed by atoms with van der Waals surface area (Å²) in [6.07, 6.45) is 0. The van der Waals surface area contributed by atoms with Gasteiger partial charge in [-0.05, 0) is 35.4 Å². The molecule has 1 atom stereocenters. The van der Waals surface area contributed by atoms with Crippen molar-refractivity contribution in [3.8, 4) is 0 Å². The van der Waals surface area contributed by atoms with Crippen LogP contribution in [0.25, 0.3) is 0 Å². The molecule has 0 spiro atoms. The molecule has 0 saturated heterocycles. The standard InChI is InChI=1S/C14H10ClFO2/c15-11-5-1-9(2-6-11)13(14(17)18)10-3-7-12(16)8-4-10/h1-8,13H,(H,17,18)/t13-/m0/s1. The molecule has 0 aliphatic rings. The van der Waals surface area contributed by atoms with Crippen LogP contribution in [0.1, 0.15) is 17.0 Å². The zero-order chi connectivity index (χ0) is 13.1. The maximum absolute atomic E-state index is 12.8. The van der Waals surface area contributed by atoms with Crippen LogP contribution in [0.3, 0.4) is 0 Å². The van der Waals surface area contributed by atoms with Crippen LogP contribution in [-0.2, 0) is 4.79 Å². The molecule has 0 bridgehead atoms. The summed E-state index contributed by atoms with van der Waals surface area (Å²) >= 11 is 5.77. The van der Waals surface area contributed by atoms with E-state index in [1.54, 1.807) is 24.3 Å². The Morgan fingerprint density at radius 3 is 1.89 bits per heavy atom. The molecule has 2 aromatic rings. The van der Waals surface area contributed by atoms with Crippen molar-refractivity contribution < 1.29 is 14.3 Å². The van der Waals surface area contributed by atoms with E-state index in [4.69, 9.17) is 11.6 Å². The van der Waals surface area contributed by atoms with Gasteiger partial charge in [0.1, 0.15) is 11.7 Å². The number of benzene rings is 2. The molecule has 0 fully saturated rings. The molecule has 0 radical (unpaired) electrons. The first-order chi connectivity index (χ1) is 8.58. The Morgan fingerprint density at radius 1 is 1.00 bits per heavy atom. The summed E-state index contributed by atoms with van der Waals surface area (Å²) in [6.45, 7) is 0. The minimum Gasteiger partial charge on any atom is -0.481 e. The van der Waals surface area contributed by atoms with E-state index >= 15 is 0 Å². The zero-order valence-electron chi connectivity index (χ0n) is 9.31. The first-order valence-electron chi connectivity index (χ1n) is 5.31. The number of rotatable bonds is 3. The minimum absolute atomic E-state index is 0.390. The molecule has 1 N–H and O–H groups in total. The summed E-state index contributed by atoms with van der Waals surface area (Å²) in [5, 5.41) is 9.84. The number of carboxylic acid groups (broad SMARTS) is 1. The molecular weight excluding hydrogens is 255 g/mol. The molecule has 2 nitrogen and oxygen atoms in total. The third-order valence-electron chi connectivity index (χ3n) is 2.65. The Labute approximate surface area is 109 Å². The number of hydrogen-bond donors (Lipinski definition) is 1. The second-order valence-electron chi connectivity index (χ2n) is 3.87. The van der Waals surface area contributed by atoms with E-state index in [1.807, 2.05) is 0 Å². The lowest BCUT2D eigenvalue weighted by Crippen LogP contribution is -2.13. The van der Waals surface area contributed by atoms with Gasteiger partial charge in [0.25, 0.3) is 0 Å². The van der Waals surface area contributed by atoms with Gasteiger partial charge in [0.05, 0.1) is 0 Å². The number of carboxylic acids is 1. The van der Waals surface area contributed by atoms with Crippen LogP contribution in [0, 0.1) is 5.82 Å². The van der Waals surface area contributed by atoms with Gasteiger partial charge in [-0.3, -0.25) is 4.79 Å². The predicted octanol–water partition coefficient (Wildman–Crippen LogP) is 3.70. The van der Waals surface area contributed by atoms with Crippen LogP contribution in [0.4, 0.5) is 4.39 Å². The maximum atomic E-state index is 12.8. The summed E-state index contributed by atoms with van der Waals surface area (Å²) in [7, 11) is 0. The molecule has 18 heavy (non-hydrogen) atoms. The monoisotopic (exact) mass is 264 g/mol. The summed E-state index contributed by atoms with van der Waals surface area (Å²) in [5.41, 5.74) is 1.14. The molecule has 0 heterocycles. The lowest BCUT2D eigenvalue weighted by molar-refractivity contribution is -0.137. The molecule has 2 rings (SSSR count).